The van der Waals surface area contributed by atoms with E-state index in [1.54, 1.807) is 27.7 Å². The van der Waals surface area contributed by atoms with Crippen molar-refractivity contribution in [2.24, 2.45) is 7.05 Å². The molecule has 0 spiro atoms. The number of ketones is 1. The molecule has 2 aromatic heterocycles. The molecule has 2 aromatic rings. The lowest BCUT2D eigenvalue weighted by Gasteiger charge is -2.03. The Kier molecular flexibility index (Phi) is 3.27. The second-order valence-corrected chi connectivity index (χ2v) is 3.75. The van der Waals surface area contributed by atoms with Crippen molar-refractivity contribution in [2.75, 3.05) is 6.61 Å². The van der Waals surface area contributed by atoms with E-state index in [4.69, 9.17) is 4.74 Å². The summed E-state index contributed by atoms with van der Waals surface area (Å²) in [6.45, 7) is 2.81. The number of hydrogen-bond donors (Lipinski definition) is 0. The van der Waals surface area contributed by atoms with E-state index in [-0.39, 0.29) is 12.4 Å². The van der Waals surface area contributed by atoms with E-state index >= 15 is 0 Å². The van der Waals surface area contributed by atoms with Crippen LogP contribution in [0.15, 0.2) is 30.7 Å². The van der Waals surface area contributed by atoms with E-state index in [9.17, 15) is 4.79 Å². The second kappa shape index (κ2) is 4.86. The first-order valence-electron chi connectivity index (χ1n) is 5.50. The molecule has 0 aliphatic heterocycles. The molecule has 0 radical (unpaired) electrons. The highest BCUT2D eigenvalue weighted by Crippen LogP contribution is 2.09. The fraction of sp³-hybridized carbons (Fsp3) is 0.333. The zero-order valence-electron chi connectivity index (χ0n) is 9.96. The minimum Gasteiger partial charge on any atom is -0.482 e. The number of hydrogen-bond acceptors (Lipinski definition) is 3. The van der Waals surface area contributed by atoms with E-state index in [0.29, 0.717) is 11.4 Å². The highest BCUT2D eigenvalue weighted by Gasteiger charge is 2.10. The van der Waals surface area contributed by atoms with Gasteiger partial charge in [-0.05, 0) is 19.1 Å². The van der Waals surface area contributed by atoms with Crippen LogP contribution in [0, 0.1) is 0 Å². The van der Waals surface area contributed by atoms with Crippen LogP contribution < -0.4 is 4.74 Å². The van der Waals surface area contributed by atoms with Crippen LogP contribution >= 0.6 is 0 Å². The minimum atomic E-state index is -0.0400. The molecule has 0 amide bonds. The first kappa shape index (κ1) is 11.4. The Bertz CT molecular complexity index is 513. The largest absolute Gasteiger partial charge is 0.482 e. The van der Waals surface area contributed by atoms with Crippen LogP contribution in [0.4, 0.5) is 0 Å². The van der Waals surface area contributed by atoms with Crippen LogP contribution in [-0.4, -0.2) is 26.7 Å². The monoisotopic (exact) mass is 233 g/mol. The number of nitrogens with zero attached hydrogens (tertiary/aromatic N) is 3. The molecule has 0 fully saturated rings. The number of carbonyl (C=O) groups excluding carboxylic acids is 1. The summed E-state index contributed by atoms with van der Waals surface area (Å²) in [6.07, 6.45) is 5.22. The number of aryl methyl sites for hydroxylation is 2. The lowest BCUT2D eigenvalue weighted by atomic mass is 10.3. The van der Waals surface area contributed by atoms with Crippen molar-refractivity contribution >= 4 is 5.78 Å². The number of aromatic nitrogens is 3. The SMILES string of the molecule is CCn1cc(OCC(=O)c2cccn2C)cn1. The highest BCUT2D eigenvalue weighted by molar-refractivity contribution is 5.95. The summed E-state index contributed by atoms with van der Waals surface area (Å²) in [5.41, 5.74) is 0.646. The van der Waals surface area contributed by atoms with Crippen LogP contribution in [0.1, 0.15) is 17.4 Å². The normalized spacial score (nSPS) is 10.5. The summed E-state index contributed by atoms with van der Waals surface area (Å²) in [5.74, 6) is 0.580. The summed E-state index contributed by atoms with van der Waals surface area (Å²) in [7, 11) is 1.84. The Morgan fingerprint density at radius 3 is 2.94 bits per heavy atom. The Morgan fingerprint density at radius 1 is 1.53 bits per heavy atom. The Balaban J connectivity index is 1.94. The average Bonchev–Trinajstić information content (AvgIpc) is 2.94. The summed E-state index contributed by atoms with van der Waals surface area (Å²) >= 11 is 0. The lowest BCUT2D eigenvalue weighted by molar-refractivity contribution is 0.0913. The summed E-state index contributed by atoms with van der Waals surface area (Å²) < 4.78 is 8.91. The molecule has 2 rings (SSSR count). The smallest absolute Gasteiger partial charge is 0.216 e. The van der Waals surface area contributed by atoms with Gasteiger partial charge in [0.2, 0.25) is 5.78 Å². The van der Waals surface area contributed by atoms with Crippen LogP contribution in [0.5, 0.6) is 5.75 Å². The first-order chi connectivity index (χ1) is 8.20. The molecular weight excluding hydrogens is 218 g/mol. The fourth-order valence-electron chi connectivity index (χ4n) is 1.57. The maximum atomic E-state index is 11.8. The van der Waals surface area contributed by atoms with Gasteiger partial charge in [0, 0.05) is 19.8 Å². The van der Waals surface area contributed by atoms with Gasteiger partial charge in [-0.15, -0.1) is 0 Å². The zero-order valence-corrected chi connectivity index (χ0v) is 9.96. The first-order valence-corrected chi connectivity index (χ1v) is 5.50. The van der Waals surface area contributed by atoms with Gasteiger partial charge in [0.1, 0.15) is 0 Å². The molecule has 5 heteroatoms. The predicted octanol–water partition coefficient (Wildman–Crippen LogP) is 1.50. The summed E-state index contributed by atoms with van der Waals surface area (Å²) in [5, 5.41) is 4.07. The van der Waals surface area contributed by atoms with Crippen molar-refractivity contribution in [2.45, 2.75) is 13.5 Å². The summed E-state index contributed by atoms with van der Waals surface area (Å²) in [4.78, 5) is 11.8. The van der Waals surface area contributed by atoms with E-state index < -0.39 is 0 Å². The fourth-order valence-corrected chi connectivity index (χ4v) is 1.57. The molecule has 0 saturated carbocycles. The molecule has 0 saturated heterocycles. The number of Topliss-reactive ketones (excluding diaryl/α,β-unsaturated/α-hetero) is 1. The van der Waals surface area contributed by atoms with Crippen molar-refractivity contribution in [3.8, 4) is 5.75 Å². The molecule has 2 heterocycles. The van der Waals surface area contributed by atoms with E-state index in [0.717, 1.165) is 6.54 Å². The molecule has 0 aliphatic carbocycles. The molecule has 0 aliphatic rings. The van der Waals surface area contributed by atoms with E-state index in [1.807, 2.05) is 26.2 Å². The number of rotatable bonds is 5. The van der Waals surface area contributed by atoms with Gasteiger partial charge in [-0.3, -0.25) is 9.48 Å². The van der Waals surface area contributed by atoms with Crippen molar-refractivity contribution in [3.05, 3.63) is 36.4 Å². The zero-order chi connectivity index (χ0) is 12.3. The number of carbonyl (C=O) groups is 1. The number of ether oxygens (including phenoxy) is 1. The summed E-state index contributed by atoms with van der Waals surface area (Å²) in [6, 6.07) is 3.61. The van der Waals surface area contributed by atoms with Gasteiger partial charge in [0.05, 0.1) is 18.1 Å². The molecule has 0 bridgehead atoms. The second-order valence-electron chi connectivity index (χ2n) is 3.75. The van der Waals surface area contributed by atoms with Gasteiger partial charge in [-0.2, -0.15) is 5.10 Å². The van der Waals surface area contributed by atoms with Crippen LogP contribution in [-0.2, 0) is 13.6 Å². The third kappa shape index (κ3) is 2.55. The Morgan fingerprint density at radius 2 is 2.35 bits per heavy atom. The van der Waals surface area contributed by atoms with Gasteiger partial charge >= 0.3 is 0 Å². The lowest BCUT2D eigenvalue weighted by Crippen LogP contribution is -2.14. The van der Waals surface area contributed by atoms with Crippen LogP contribution in [0.3, 0.4) is 0 Å². The van der Waals surface area contributed by atoms with Gasteiger partial charge in [-0.1, -0.05) is 0 Å². The minimum absolute atomic E-state index is 0.0350. The standard InChI is InChI=1S/C12H15N3O2/c1-3-15-8-10(7-13-15)17-9-12(16)11-5-4-6-14(11)2/h4-8H,3,9H2,1-2H3. The van der Waals surface area contributed by atoms with Gasteiger partial charge in [0.15, 0.2) is 12.4 Å². The molecule has 0 unspecified atom stereocenters. The highest BCUT2D eigenvalue weighted by atomic mass is 16.5. The van der Waals surface area contributed by atoms with Crippen LogP contribution in [0.25, 0.3) is 0 Å². The Labute approximate surface area is 99.6 Å². The molecule has 0 aromatic carbocycles. The van der Waals surface area contributed by atoms with Gasteiger partial charge in [0.25, 0.3) is 0 Å². The maximum absolute atomic E-state index is 11.8. The molecule has 90 valence electrons. The predicted molar refractivity (Wildman–Crippen MR) is 63.1 cm³/mol. The molecule has 5 nitrogen and oxygen atoms in total. The van der Waals surface area contributed by atoms with E-state index in [2.05, 4.69) is 5.10 Å². The topological polar surface area (TPSA) is 49.0 Å². The molecule has 17 heavy (non-hydrogen) atoms. The third-order valence-electron chi connectivity index (χ3n) is 2.53. The maximum Gasteiger partial charge on any atom is 0.216 e. The van der Waals surface area contributed by atoms with E-state index in [1.165, 1.54) is 0 Å². The molecule has 0 atom stereocenters. The quantitative estimate of drug-likeness (QED) is 0.735. The van der Waals surface area contributed by atoms with Gasteiger partial charge in [-0.25, -0.2) is 0 Å². The van der Waals surface area contributed by atoms with Crippen molar-refractivity contribution in [1.29, 1.82) is 0 Å². The van der Waals surface area contributed by atoms with Crippen molar-refractivity contribution in [1.82, 2.24) is 14.3 Å². The third-order valence-corrected chi connectivity index (χ3v) is 2.53. The van der Waals surface area contributed by atoms with Crippen LogP contribution in [0.2, 0.25) is 0 Å². The molecular formula is C12H15N3O2. The molecule has 0 N–H and O–H groups in total. The van der Waals surface area contributed by atoms with Gasteiger partial charge < -0.3 is 9.30 Å². The van der Waals surface area contributed by atoms with Crippen molar-refractivity contribution in [3.63, 3.8) is 0 Å². The van der Waals surface area contributed by atoms with Crippen molar-refractivity contribution < 1.29 is 9.53 Å². The average molecular weight is 233 g/mol. The Hall–Kier alpha value is -2.04.